The topological polar surface area (TPSA) is 128 Å². The van der Waals surface area contributed by atoms with Gasteiger partial charge in [0.25, 0.3) is 0 Å². The van der Waals surface area contributed by atoms with Gasteiger partial charge in [-0.3, -0.25) is 15.7 Å². The van der Waals surface area contributed by atoms with Crippen molar-refractivity contribution < 1.29 is 9.53 Å². The molecule has 0 saturated heterocycles. The van der Waals surface area contributed by atoms with Crippen LogP contribution in [0.1, 0.15) is 26.3 Å². The summed E-state index contributed by atoms with van der Waals surface area (Å²) < 4.78 is 5.44. The molecule has 0 aromatic heterocycles. The summed E-state index contributed by atoms with van der Waals surface area (Å²) in [5.41, 5.74) is 9.36. The normalized spacial score (nSPS) is 13.9. The summed E-state index contributed by atoms with van der Waals surface area (Å²) in [6, 6.07) is 7.22. The van der Waals surface area contributed by atoms with Gasteiger partial charge in [-0.05, 0) is 38.8 Å². The third kappa shape index (κ3) is 3.81. The molecule has 0 fully saturated rings. The van der Waals surface area contributed by atoms with Crippen molar-refractivity contribution in [3.05, 3.63) is 23.8 Å². The molecule has 8 nitrogen and oxygen atoms in total. The van der Waals surface area contributed by atoms with E-state index in [2.05, 4.69) is 10.5 Å². The van der Waals surface area contributed by atoms with Gasteiger partial charge in [-0.25, -0.2) is 4.79 Å². The number of carbonyl (C=O) groups is 1. The largest absolute Gasteiger partial charge is 0.443 e. The van der Waals surface area contributed by atoms with E-state index in [1.807, 2.05) is 32.9 Å². The van der Waals surface area contributed by atoms with Gasteiger partial charge in [-0.1, -0.05) is 12.1 Å². The van der Waals surface area contributed by atoms with Crippen LogP contribution in [0.4, 0.5) is 16.2 Å². The molecule has 1 aromatic carbocycles. The summed E-state index contributed by atoms with van der Waals surface area (Å²) in [6.45, 7) is 5.93. The van der Waals surface area contributed by atoms with Gasteiger partial charge in [-0.2, -0.15) is 10.4 Å². The van der Waals surface area contributed by atoms with Gasteiger partial charge in [0.05, 0.1) is 11.4 Å². The van der Waals surface area contributed by atoms with Crippen molar-refractivity contribution in [1.29, 1.82) is 10.7 Å². The standard InChI is InChI=1S/C16H20N6O2/c1-16(2,3)24-15(23)22-8-7-10-5-4-6-11(13(10)22)20-21-12(9-17)14(18)19/h4-6,20H,7-8H2,1-3H3,(H3,18,19)/b21-12+. The van der Waals surface area contributed by atoms with Crippen LogP contribution in [0.3, 0.4) is 0 Å². The Bertz CT molecular complexity index is 742. The monoisotopic (exact) mass is 328 g/mol. The molecule has 1 aliphatic rings. The van der Waals surface area contributed by atoms with Crippen molar-refractivity contribution in [3.63, 3.8) is 0 Å². The number of para-hydroxylation sites is 1. The Morgan fingerprint density at radius 1 is 1.50 bits per heavy atom. The zero-order valence-corrected chi connectivity index (χ0v) is 13.9. The maximum Gasteiger partial charge on any atom is 0.414 e. The number of amides is 1. The van der Waals surface area contributed by atoms with Crippen molar-refractivity contribution >= 4 is 29.0 Å². The number of hydrogen-bond acceptors (Lipinski definition) is 6. The number of nitrogens with two attached hydrogens (primary N) is 1. The summed E-state index contributed by atoms with van der Waals surface area (Å²) in [6.07, 6.45) is 0.262. The molecule has 0 saturated carbocycles. The van der Waals surface area contributed by atoms with Crippen LogP contribution in [0.25, 0.3) is 0 Å². The summed E-state index contributed by atoms with van der Waals surface area (Å²) in [5, 5.41) is 20.0. The number of nitrogens with zero attached hydrogens (tertiary/aromatic N) is 3. The highest BCUT2D eigenvalue weighted by molar-refractivity contribution is 6.45. The fourth-order valence-electron chi connectivity index (χ4n) is 2.31. The molecule has 1 heterocycles. The first-order valence-corrected chi connectivity index (χ1v) is 7.43. The van der Waals surface area contributed by atoms with Crippen molar-refractivity contribution in [2.45, 2.75) is 32.8 Å². The zero-order chi connectivity index (χ0) is 17.9. The SMILES string of the molecule is CC(C)(C)OC(=O)N1CCc2cccc(N/N=C(\C#N)C(=N)N)c21. The Balaban J connectivity index is 2.32. The van der Waals surface area contributed by atoms with E-state index in [-0.39, 0.29) is 5.71 Å². The zero-order valence-electron chi connectivity index (χ0n) is 13.9. The number of amidine groups is 1. The number of rotatable bonds is 3. The molecule has 0 bridgehead atoms. The van der Waals surface area contributed by atoms with Gasteiger partial charge >= 0.3 is 6.09 Å². The number of benzene rings is 1. The minimum absolute atomic E-state index is 0.227. The van der Waals surface area contributed by atoms with Gasteiger partial charge < -0.3 is 10.5 Å². The summed E-state index contributed by atoms with van der Waals surface area (Å²) in [7, 11) is 0. The number of nitrogens with one attached hydrogen (secondary N) is 2. The van der Waals surface area contributed by atoms with E-state index in [9.17, 15) is 4.79 Å². The van der Waals surface area contributed by atoms with Gasteiger partial charge in [0.15, 0.2) is 5.84 Å². The lowest BCUT2D eigenvalue weighted by Gasteiger charge is -2.25. The van der Waals surface area contributed by atoms with Crippen molar-refractivity contribution in [1.82, 2.24) is 0 Å². The number of nitriles is 1. The fourth-order valence-corrected chi connectivity index (χ4v) is 2.31. The number of anilines is 2. The van der Waals surface area contributed by atoms with E-state index >= 15 is 0 Å². The number of ether oxygens (including phenoxy) is 1. The van der Waals surface area contributed by atoms with Crippen LogP contribution in [0, 0.1) is 16.7 Å². The van der Waals surface area contributed by atoms with Gasteiger partial charge in [0.2, 0.25) is 5.71 Å². The van der Waals surface area contributed by atoms with Crippen LogP contribution < -0.4 is 16.1 Å². The molecule has 0 atom stereocenters. The summed E-state index contributed by atoms with van der Waals surface area (Å²) in [4.78, 5) is 14.0. The molecule has 24 heavy (non-hydrogen) atoms. The maximum absolute atomic E-state index is 12.4. The Labute approximate surface area is 140 Å². The Morgan fingerprint density at radius 3 is 2.79 bits per heavy atom. The number of hydrogen-bond donors (Lipinski definition) is 3. The molecule has 1 aliphatic heterocycles. The van der Waals surface area contributed by atoms with E-state index in [1.165, 1.54) is 4.90 Å². The molecule has 8 heteroatoms. The highest BCUT2D eigenvalue weighted by Gasteiger charge is 2.30. The second-order valence-electron chi connectivity index (χ2n) is 6.29. The minimum Gasteiger partial charge on any atom is -0.443 e. The smallest absolute Gasteiger partial charge is 0.414 e. The number of fused-ring (bicyclic) bond motifs is 1. The van der Waals surface area contributed by atoms with Crippen LogP contribution in [-0.2, 0) is 11.2 Å². The van der Waals surface area contributed by atoms with Crippen LogP contribution in [0.15, 0.2) is 23.3 Å². The lowest BCUT2D eigenvalue weighted by molar-refractivity contribution is 0.0584. The Kier molecular flexibility index (Phi) is 4.74. The molecule has 0 aliphatic carbocycles. The second-order valence-corrected chi connectivity index (χ2v) is 6.29. The molecule has 1 amide bonds. The minimum atomic E-state index is -0.594. The Morgan fingerprint density at radius 2 is 2.21 bits per heavy atom. The molecule has 0 spiro atoms. The van der Waals surface area contributed by atoms with E-state index in [0.29, 0.717) is 24.3 Å². The fraction of sp³-hybridized carbons (Fsp3) is 0.375. The summed E-state index contributed by atoms with van der Waals surface area (Å²) >= 11 is 0. The number of carbonyl (C=O) groups excluding carboxylic acids is 1. The lowest BCUT2D eigenvalue weighted by atomic mass is 10.1. The first kappa shape index (κ1) is 17.3. The number of hydrazone groups is 1. The second kappa shape index (κ2) is 6.58. The molecule has 0 unspecified atom stereocenters. The first-order chi connectivity index (χ1) is 11.2. The molecular weight excluding hydrogens is 308 g/mol. The predicted molar refractivity (Wildman–Crippen MR) is 92.3 cm³/mol. The lowest BCUT2D eigenvalue weighted by Crippen LogP contribution is -2.36. The van der Waals surface area contributed by atoms with E-state index in [0.717, 1.165) is 5.56 Å². The Hall–Kier alpha value is -3.08. The van der Waals surface area contributed by atoms with Gasteiger partial charge in [0, 0.05) is 6.54 Å². The van der Waals surface area contributed by atoms with E-state index in [1.54, 1.807) is 12.1 Å². The molecule has 126 valence electrons. The molecular formula is C16H20N6O2. The van der Waals surface area contributed by atoms with Gasteiger partial charge in [-0.15, -0.1) is 0 Å². The summed E-state index contributed by atoms with van der Waals surface area (Å²) in [5.74, 6) is -0.429. The highest BCUT2D eigenvalue weighted by Crippen LogP contribution is 2.36. The van der Waals surface area contributed by atoms with Crippen molar-refractivity contribution in [3.8, 4) is 6.07 Å². The highest BCUT2D eigenvalue weighted by atomic mass is 16.6. The molecule has 4 N–H and O–H groups in total. The van der Waals surface area contributed by atoms with Crippen molar-refractivity contribution in [2.24, 2.45) is 10.8 Å². The van der Waals surface area contributed by atoms with Crippen LogP contribution in [0.5, 0.6) is 0 Å². The van der Waals surface area contributed by atoms with E-state index < -0.39 is 17.5 Å². The van der Waals surface area contributed by atoms with Crippen LogP contribution in [-0.4, -0.2) is 29.8 Å². The maximum atomic E-state index is 12.4. The van der Waals surface area contributed by atoms with E-state index in [4.69, 9.17) is 21.1 Å². The molecule has 2 rings (SSSR count). The quantitative estimate of drug-likeness (QED) is 0.445. The molecule has 0 radical (unpaired) electrons. The first-order valence-electron chi connectivity index (χ1n) is 7.43. The van der Waals surface area contributed by atoms with Crippen molar-refractivity contribution in [2.75, 3.05) is 16.9 Å². The third-order valence-electron chi connectivity index (χ3n) is 3.26. The van der Waals surface area contributed by atoms with Gasteiger partial charge in [0.1, 0.15) is 11.7 Å². The van der Waals surface area contributed by atoms with Crippen LogP contribution >= 0.6 is 0 Å². The van der Waals surface area contributed by atoms with Crippen LogP contribution in [0.2, 0.25) is 0 Å². The molecule has 1 aromatic rings. The average molecular weight is 328 g/mol. The third-order valence-corrected chi connectivity index (χ3v) is 3.26. The average Bonchev–Trinajstić information content (AvgIpc) is 2.90. The predicted octanol–water partition coefficient (Wildman–Crippen LogP) is 2.21.